The second kappa shape index (κ2) is 8.88. The molecular weight excluding hydrogens is 396 g/mol. The molecule has 0 saturated carbocycles. The third-order valence-electron chi connectivity index (χ3n) is 4.55. The van der Waals surface area contributed by atoms with E-state index in [0.717, 1.165) is 29.7 Å². The molecule has 0 atom stereocenters. The molecule has 146 valence electrons. The predicted octanol–water partition coefficient (Wildman–Crippen LogP) is 4.37. The van der Waals surface area contributed by atoms with Crippen molar-refractivity contribution in [3.05, 3.63) is 58.6 Å². The molecular formula is C21H21ClN2O3S. The van der Waals surface area contributed by atoms with Crippen LogP contribution in [0.5, 0.6) is 11.5 Å². The molecule has 0 spiro atoms. The fourth-order valence-electron chi connectivity index (χ4n) is 3.17. The summed E-state index contributed by atoms with van der Waals surface area (Å²) >= 11 is 7.88. The number of benzene rings is 2. The van der Waals surface area contributed by atoms with Crippen molar-refractivity contribution < 1.29 is 14.3 Å². The van der Waals surface area contributed by atoms with Crippen LogP contribution in [0.4, 0.5) is 0 Å². The molecule has 0 fully saturated rings. The van der Waals surface area contributed by atoms with E-state index in [1.807, 2.05) is 42.5 Å². The second-order valence-corrected chi connectivity index (χ2v) is 8.02. The Hall–Kier alpha value is -2.18. The Balaban J connectivity index is 1.33. The van der Waals surface area contributed by atoms with Crippen LogP contribution in [-0.4, -0.2) is 42.1 Å². The van der Waals surface area contributed by atoms with Crippen molar-refractivity contribution in [2.24, 2.45) is 5.10 Å². The maximum absolute atomic E-state index is 12.5. The summed E-state index contributed by atoms with van der Waals surface area (Å²) in [4.78, 5) is 12.5. The standard InChI is InChI=1S/C21H21ClN2O3S/c22-17-11-15(12-19-21(17)27-10-4-9-26-19)13-28-14-20(25)24-8-7-18(23-24)16-5-2-1-3-6-16/h1-3,5-6,11-12H,4,7-10,13-14H2. The van der Waals surface area contributed by atoms with E-state index in [4.69, 9.17) is 21.1 Å². The number of rotatable bonds is 5. The van der Waals surface area contributed by atoms with Gasteiger partial charge in [-0.2, -0.15) is 5.10 Å². The Bertz CT molecular complexity index is 889. The average molecular weight is 417 g/mol. The first-order valence-electron chi connectivity index (χ1n) is 9.30. The van der Waals surface area contributed by atoms with Gasteiger partial charge in [-0.1, -0.05) is 41.9 Å². The number of nitrogens with zero attached hydrogens (tertiary/aromatic N) is 2. The molecule has 0 unspecified atom stereocenters. The minimum Gasteiger partial charge on any atom is -0.489 e. The van der Waals surface area contributed by atoms with Gasteiger partial charge >= 0.3 is 0 Å². The quantitative estimate of drug-likeness (QED) is 0.726. The fourth-order valence-corrected chi connectivity index (χ4v) is 4.28. The number of halogens is 1. The number of carbonyl (C=O) groups is 1. The van der Waals surface area contributed by atoms with E-state index in [9.17, 15) is 4.79 Å². The van der Waals surface area contributed by atoms with Crippen molar-refractivity contribution in [1.29, 1.82) is 0 Å². The lowest BCUT2D eigenvalue weighted by molar-refractivity contribution is -0.127. The first-order valence-corrected chi connectivity index (χ1v) is 10.8. The lowest BCUT2D eigenvalue weighted by Crippen LogP contribution is -2.25. The summed E-state index contributed by atoms with van der Waals surface area (Å²) in [6.07, 6.45) is 1.63. The number of hydrazone groups is 1. The molecule has 0 aliphatic carbocycles. The molecule has 0 aromatic heterocycles. The molecule has 2 aromatic rings. The van der Waals surface area contributed by atoms with Gasteiger partial charge in [0.2, 0.25) is 0 Å². The van der Waals surface area contributed by atoms with Crippen molar-refractivity contribution in [1.82, 2.24) is 5.01 Å². The van der Waals surface area contributed by atoms with Crippen LogP contribution < -0.4 is 9.47 Å². The number of amides is 1. The molecule has 2 aliphatic rings. The van der Waals surface area contributed by atoms with Gasteiger partial charge in [0.05, 0.1) is 36.2 Å². The number of hydrogen-bond donors (Lipinski definition) is 0. The van der Waals surface area contributed by atoms with E-state index in [0.29, 0.717) is 47.8 Å². The monoisotopic (exact) mass is 416 g/mol. The zero-order chi connectivity index (χ0) is 19.3. The van der Waals surface area contributed by atoms with Gasteiger partial charge in [-0.05, 0) is 23.3 Å². The number of carbonyl (C=O) groups excluding carboxylic acids is 1. The van der Waals surface area contributed by atoms with Crippen LogP contribution in [0.2, 0.25) is 5.02 Å². The molecule has 5 nitrogen and oxygen atoms in total. The third kappa shape index (κ3) is 4.45. The zero-order valence-electron chi connectivity index (χ0n) is 15.4. The first-order chi connectivity index (χ1) is 13.7. The molecule has 4 rings (SSSR count). The van der Waals surface area contributed by atoms with Gasteiger partial charge in [0.25, 0.3) is 5.91 Å². The first kappa shape index (κ1) is 19.2. The molecule has 0 radical (unpaired) electrons. The average Bonchev–Trinajstić information content (AvgIpc) is 3.08. The van der Waals surface area contributed by atoms with Crippen molar-refractivity contribution in [2.75, 3.05) is 25.5 Å². The number of hydrogen-bond acceptors (Lipinski definition) is 5. The Morgan fingerprint density at radius 3 is 2.86 bits per heavy atom. The molecule has 0 N–H and O–H groups in total. The summed E-state index contributed by atoms with van der Waals surface area (Å²) in [7, 11) is 0. The van der Waals surface area contributed by atoms with E-state index in [1.54, 1.807) is 16.8 Å². The Kier molecular flexibility index (Phi) is 6.07. The van der Waals surface area contributed by atoms with Crippen LogP contribution in [0, 0.1) is 0 Å². The van der Waals surface area contributed by atoms with Gasteiger partial charge in [-0.15, -0.1) is 11.8 Å². The van der Waals surface area contributed by atoms with Gasteiger partial charge in [-0.25, -0.2) is 5.01 Å². The number of fused-ring (bicyclic) bond motifs is 1. The molecule has 0 saturated heterocycles. The maximum atomic E-state index is 12.5. The fraction of sp³-hybridized carbons (Fsp3) is 0.333. The Morgan fingerprint density at radius 2 is 2.00 bits per heavy atom. The lowest BCUT2D eigenvalue weighted by atomic mass is 10.1. The largest absolute Gasteiger partial charge is 0.489 e. The normalized spacial score (nSPS) is 15.9. The SMILES string of the molecule is O=C(CSCc1cc(Cl)c2c(c1)OCCCO2)N1CCC(c2ccccc2)=N1. The van der Waals surface area contributed by atoms with Crippen LogP contribution >= 0.6 is 23.4 Å². The molecule has 2 aromatic carbocycles. The van der Waals surface area contributed by atoms with Crippen molar-refractivity contribution >= 4 is 35.0 Å². The van der Waals surface area contributed by atoms with E-state index < -0.39 is 0 Å². The Morgan fingerprint density at radius 1 is 1.18 bits per heavy atom. The van der Waals surface area contributed by atoms with E-state index in [1.165, 1.54) is 0 Å². The topological polar surface area (TPSA) is 51.1 Å². The van der Waals surface area contributed by atoms with Gasteiger partial charge in [-0.3, -0.25) is 4.79 Å². The van der Waals surface area contributed by atoms with Crippen molar-refractivity contribution in [3.63, 3.8) is 0 Å². The van der Waals surface area contributed by atoms with E-state index in [-0.39, 0.29) is 5.91 Å². The van der Waals surface area contributed by atoms with Crippen LogP contribution in [0.15, 0.2) is 47.6 Å². The second-order valence-electron chi connectivity index (χ2n) is 6.63. The molecule has 1 amide bonds. The minimum atomic E-state index is 0.0244. The number of ether oxygens (including phenoxy) is 2. The highest BCUT2D eigenvalue weighted by atomic mass is 35.5. The van der Waals surface area contributed by atoms with Crippen molar-refractivity contribution in [2.45, 2.75) is 18.6 Å². The van der Waals surface area contributed by atoms with Crippen molar-refractivity contribution in [3.8, 4) is 11.5 Å². The smallest absolute Gasteiger partial charge is 0.252 e. The van der Waals surface area contributed by atoms with Crippen LogP contribution in [0.25, 0.3) is 0 Å². The van der Waals surface area contributed by atoms with Gasteiger partial charge in [0.1, 0.15) is 0 Å². The highest BCUT2D eigenvalue weighted by Gasteiger charge is 2.21. The summed E-state index contributed by atoms with van der Waals surface area (Å²) in [5.74, 6) is 2.37. The minimum absolute atomic E-state index is 0.0244. The summed E-state index contributed by atoms with van der Waals surface area (Å²) in [6, 6.07) is 13.8. The number of thioether (sulfide) groups is 1. The van der Waals surface area contributed by atoms with Crippen LogP contribution in [0.1, 0.15) is 24.0 Å². The third-order valence-corrected chi connectivity index (χ3v) is 5.82. The summed E-state index contributed by atoms with van der Waals surface area (Å²) in [5.41, 5.74) is 3.06. The predicted molar refractivity (Wildman–Crippen MR) is 113 cm³/mol. The Labute approximate surface area is 173 Å². The molecule has 7 heteroatoms. The summed E-state index contributed by atoms with van der Waals surface area (Å²) < 4.78 is 11.4. The van der Waals surface area contributed by atoms with Crippen LogP contribution in [0.3, 0.4) is 0 Å². The van der Waals surface area contributed by atoms with Gasteiger partial charge in [0, 0.05) is 18.6 Å². The molecule has 2 heterocycles. The lowest BCUT2D eigenvalue weighted by Gasteiger charge is -2.13. The summed E-state index contributed by atoms with van der Waals surface area (Å²) in [6.45, 7) is 1.87. The molecule has 28 heavy (non-hydrogen) atoms. The van der Waals surface area contributed by atoms with Crippen LogP contribution in [-0.2, 0) is 10.5 Å². The molecule has 2 aliphatic heterocycles. The molecule has 0 bridgehead atoms. The van der Waals surface area contributed by atoms with Gasteiger partial charge < -0.3 is 9.47 Å². The van der Waals surface area contributed by atoms with E-state index in [2.05, 4.69) is 5.10 Å². The zero-order valence-corrected chi connectivity index (χ0v) is 17.0. The highest BCUT2D eigenvalue weighted by molar-refractivity contribution is 7.99. The highest BCUT2D eigenvalue weighted by Crippen LogP contribution is 2.38. The van der Waals surface area contributed by atoms with E-state index >= 15 is 0 Å². The van der Waals surface area contributed by atoms with Gasteiger partial charge in [0.15, 0.2) is 11.5 Å². The maximum Gasteiger partial charge on any atom is 0.252 e. The summed E-state index contributed by atoms with van der Waals surface area (Å²) in [5, 5.41) is 6.63.